The van der Waals surface area contributed by atoms with Gasteiger partial charge in [0.15, 0.2) is 5.13 Å². The Balaban J connectivity index is 2.49. The fourth-order valence-electron chi connectivity index (χ4n) is 1.51. The van der Waals surface area contributed by atoms with E-state index in [0.29, 0.717) is 22.0 Å². The molecule has 0 aliphatic heterocycles. The summed E-state index contributed by atoms with van der Waals surface area (Å²) in [6, 6.07) is 5.15. The van der Waals surface area contributed by atoms with Gasteiger partial charge in [0.1, 0.15) is 5.75 Å². The number of thiazole rings is 1. The van der Waals surface area contributed by atoms with E-state index >= 15 is 0 Å². The number of para-hydroxylation sites is 1. The van der Waals surface area contributed by atoms with Crippen molar-refractivity contribution in [2.45, 2.75) is 13.5 Å². The van der Waals surface area contributed by atoms with Gasteiger partial charge in [0.25, 0.3) is 0 Å². The number of aryl methyl sites for hydroxylation is 1. The fraction of sp³-hybridized carbons (Fsp3) is 0.182. The molecule has 0 aliphatic carbocycles. The van der Waals surface area contributed by atoms with E-state index in [4.69, 9.17) is 5.73 Å². The van der Waals surface area contributed by atoms with Crippen molar-refractivity contribution in [1.29, 1.82) is 0 Å². The van der Waals surface area contributed by atoms with Crippen molar-refractivity contribution in [2.24, 2.45) is 0 Å². The number of benzene rings is 1. The number of hydrogen-bond donors (Lipinski definition) is 1. The molecule has 0 aliphatic rings. The molecule has 90 valence electrons. The average Bonchev–Trinajstić information content (AvgIpc) is 2.67. The van der Waals surface area contributed by atoms with Gasteiger partial charge in [0.05, 0.1) is 5.69 Å². The Bertz CT molecular complexity index is 528. The highest BCUT2D eigenvalue weighted by Crippen LogP contribution is 2.34. The van der Waals surface area contributed by atoms with Crippen LogP contribution in [0.1, 0.15) is 5.56 Å². The number of nitrogens with zero attached hydrogens (tertiary/aromatic N) is 1. The van der Waals surface area contributed by atoms with Crippen LogP contribution < -0.4 is 10.5 Å². The lowest BCUT2D eigenvalue weighted by molar-refractivity contribution is -0.0499. The quantitative estimate of drug-likeness (QED) is 0.916. The Hall–Kier alpha value is -1.69. The molecule has 0 radical (unpaired) electrons. The predicted molar refractivity (Wildman–Crippen MR) is 63.3 cm³/mol. The van der Waals surface area contributed by atoms with Gasteiger partial charge in [-0.05, 0) is 18.6 Å². The van der Waals surface area contributed by atoms with Gasteiger partial charge in [-0.25, -0.2) is 4.98 Å². The van der Waals surface area contributed by atoms with E-state index in [1.807, 2.05) is 0 Å². The Morgan fingerprint density at radius 2 is 2.18 bits per heavy atom. The molecule has 0 bridgehead atoms. The maximum Gasteiger partial charge on any atom is 0.387 e. The molecule has 3 nitrogen and oxygen atoms in total. The zero-order valence-electron chi connectivity index (χ0n) is 8.98. The SMILES string of the molecule is Cc1cccc(-c2csc(N)n2)c1OC(F)F. The lowest BCUT2D eigenvalue weighted by atomic mass is 10.1. The Morgan fingerprint density at radius 3 is 2.76 bits per heavy atom. The minimum atomic E-state index is -2.86. The van der Waals surface area contributed by atoms with Crippen molar-refractivity contribution in [1.82, 2.24) is 4.98 Å². The first-order valence-corrected chi connectivity index (χ1v) is 5.71. The Labute approximate surface area is 101 Å². The molecule has 0 saturated heterocycles. The molecular formula is C11H10F2N2OS. The fourth-order valence-corrected chi connectivity index (χ4v) is 2.07. The highest BCUT2D eigenvalue weighted by Gasteiger charge is 2.15. The van der Waals surface area contributed by atoms with Crippen LogP contribution in [0.15, 0.2) is 23.6 Å². The van der Waals surface area contributed by atoms with Crippen molar-refractivity contribution < 1.29 is 13.5 Å². The van der Waals surface area contributed by atoms with Crippen LogP contribution in [-0.4, -0.2) is 11.6 Å². The molecule has 17 heavy (non-hydrogen) atoms. The normalized spacial score (nSPS) is 10.8. The van der Waals surface area contributed by atoms with E-state index in [1.165, 1.54) is 11.3 Å². The van der Waals surface area contributed by atoms with Crippen molar-refractivity contribution in [3.63, 3.8) is 0 Å². The molecule has 0 saturated carbocycles. The zero-order valence-corrected chi connectivity index (χ0v) is 9.80. The minimum Gasteiger partial charge on any atom is -0.434 e. The van der Waals surface area contributed by atoms with Crippen LogP contribution in [0.3, 0.4) is 0 Å². The zero-order chi connectivity index (χ0) is 12.4. The summed E-state index contributed by atoms with van der Waals surface area (Å²) in [6.45, 7) is -1.15. The predicted octanol–water partition coefficient (Wildman–Crippen LogP) is 3.30. The van der Waals surface area contributed by atoms with Crippen LogP contribution in [0.5, 0.6) is 5.75 Å². The first-order chi connectivity index (χ1) is 8.08. The molecule has 0 amide bonds. The molecule has 0 unspecified atom stereocenters. The van der Waals surface area contributed by atoms with E-state index in [0.717, 1.165) is 0 Å². The van der Waals surface area contributed by atoms with Crippen molar-refractivity contribution >= 4 is 16.5 Å². The number of alkyl halides is 2. The van der Waals surface area contributed by atoms with Crippen LogP contribution in [0.25, 0.3) is 11.3 Å². The number of nitrogen functional groups attached to an aromatic ring is 1. The van der Waals surface area contributed by atoms with Crippen molar-refractivity contribution in [3.05, 3.63) is 29.1 Å². The molecule has 1 aromatic carbocycles. The number of aromatic nitrogens is 1. The van der Waals surface area contributed by atoms with Gasteiger partial charge in [0, 0.05) is 10.9 Å². The Morgan fingerprint density at radius 1 is 1.41 bits per heavy atom. The van der Waals surface area contributed by atoms with Crippen LogP contribution in [0, 0.1) is 6.92 Å². The van der Waals surface area contributed by atoms with Crippen LogP contribution >= 0.6 is 11.3 Å². The second kappa shape index (κ2) is 4.67. The average molecular weight is 256 g/mol. The van der Waals surface area contributed by atoms with Gasteiger partial charge >= 0.3 is 6.61 Å². The number of ether oxygens (including phenoxy) is 1. The van der Waals surface area contributed by atoms with Crippen molar-refractivity contribution in [3.8, 4) is 17.0 Å². The molecule has 1 heterocycles. The van der Waals surface area contributed by atoms with Crippen LogP contribution in [-0.2, 0) is 0 Å². The third kappa shape index (κ3) is 2.52. The van der Waals surface area contributed by atoms with Crippen LogP contribution in [0.4, 0.5) is 13.9 Å². The number of halogens is 2. The molecule has 0 atom stereocenters. The molecule has 6 heteroatoms. The summed E-state index contributed by atoms with van der Waals surface area (Å²) in [5, 5.41) is 2.10. The van der Waals surface area contributed by atoms with E-state index in [9.17, 15) is 8.78 Å². The lowest BCUT2D eigenvalue weighted by Gasteiger charge is -2.11. The maximum atomic E-state index is 12.3. The second-order valence-corrected chi connectivity index (χ2v) is 4.29. The maximum absolute atomic E-state index is 12.3. The highest BCUT2D eigenvalue weighted by molar-refractivity contribution is 7.13. The van der Waals surface area contributed by atoms with E-state index in [-0.39, 0.29) is 5.75 Å². The largest absolute Gasteiger partial charge is 0.434 e. The van der Waals surface area contributed by atoms with Gasteiger partial charge in [-0.1, -0.05) is 12.1 Å². The summed E-state index contributed by atoms with van der Waals surface area (Å²) in [4.78, 5) is 4.06. The van der Waals surface area contributed by atoms with E-state index in [2.05, 4.69) is 9.72 Å². The molecule has 2 rings (SSSR count). The molecular weight excluding hydrogens is 246 g/mol. The summed E-state index contributed by atoms with van der Waals surface area (Å²) in [5.41, 5.74) is 7.23. The van der Waals surface area contributed by atoms with E-state index < -0.39 is 6.61 Å². The standard InChI is InChI=1S/C11H10F2N2OS/c1-6-3-2-4-7(9(6)16-10(12)13)8-5-17-11(14)15-8/h2-5,10H,1H3,(H2,14,15). The molecule has 2 aromatic rings. The van der Waals surface area contributed by atoms with E-state index in [1.54, 1.807) is 30.5 Å². The minimum absolute atomic E-state index is 0.146. The first kappa shape index (κ1) is 11.8. The molecule has 2 N–H and O–H groups in total. The number of hydrogen-bond acceptors (Lipinski definition) is 4. The third-order valence-corrected chi connectivity index (χ3v) is 2.89. The highest BCUT2D eigenvalue weighted by atomic mass is 32.1. The summed E-state index contributed by atoms with van der Waals surface area (Å²) >= 11 is 1.26. The van der Waals surface area contributed by atoms with Gasteiger partial charge in [-0.3, -0.25) is 0 Å². The Kier molecular flexibility index (Phi) is 3.23. The van der Waals surface area contributed by atoms with Gasteiger partial charge in [-0.2, -0.15) is 8.78 Å². The smallest absolute Gasteiger partial charge is 0.387 e. The summed E-state index contributed by atoms with van der Waals surface area (Å²) in [5.74, 6) is 0.146. The molecule has 0 fully saturated rings. The first-order valence-electron chi connectivity index (χ1n) is 4.83. The lowest BCUT2D eigenvalue weighted by Crippen LogP contribution is -2.04. The van der Waals surface area contributed by atoms with Crippen molar-refractivity contribution in [2.75, 3.05) is 5.73 Å². The topological polar surface area (TPSA) is 48.1 Å². The number of rotatable bonds is 3. The monoisotopic (exact) mass is 256 g/mol. The summed E-state index contributed by atoms with van der Waals surface area (Å²) < 4.78 is 29.2. The summed E-state index contributed by atoms with van der Waals surface area (Å²) in [7, 11) is 0. The molecule has 1 aromatic heterocycles. The van der Waals surface area contributed by atoms with Gasteiger partial charge in [-0.15, -0.1) is 11.3 Å². The third-order valence-electron chi connectivity index (χ3n) is 2.22. The number of nitrogens with two attached hydrogens (primary N) is 1. The molecule has 0 spiro atoms. The van der Waals surface area contributed by atoms with Crippen LogP contribution in [0.2, 0.25) is 0 Å². The number of anilines is 1. The second-order valence-electron chi connectivity index (χ2n) is 3.40. The summed E-state index contributed by atoms with van der Waals surface area (Å²) in [6.07, 6.45) is 0. The van der Waals surface area contributed by atoms with Gasteiger partial charge < -0.3 is 10.5 Å². The van der Waals surface area contributed by atoms with Gasteiger partial charge in [0.2, 0.25) is 0 Å².